The SMILES string of the molecule is CCCC(COP([O-])[O-])(COP([O-])[O-])COP(O)O. The van der Waals surface area contributed by atoms with Crippen molar-refractivity contribution in [3.63, 3.8) is 0 Å². The molecule has 9 nitrogen and oxygen atoms in total. The van der Waals surface area contributed by atoms with Crippen LogP contribution in [0.5, 0.6) is 0 Å². The van der Waals surface area contributed by atoms with E-state index in [1.54, 1.807) is 6.92 Å². The van der Waals surface area contributed by atoms with Gasteiger partial charge in [-0.3, -0.25) is 0 Å². The molecule has 0 unspecified atom stereocenters. The largest absolute Gasteiger partial charge is 0.820 e. The van der Waals surface area contributed by atoms with Crippen molar-refractivity contribution in [2.45, 2.75) is 19.8 Å². The Labute approximate surface area is 114 Å². The summed E-state index contributed by atoms with van der Waals surface area (Å²) in [5.74, 6) is 0. The van der Waals surface area contributed by atoms with Crippen molar-refractivity contribution in [3.05, 3.63) is 0 Å². The average molecular weight is 336 g/mol. The summed E-state index contributed by atoms with van der Waals surface area (Å²) < 4.78 is 13.6. The van der Waals surface area contributed by atoms with Gasteiger partial charge in [0.25, 0.3) is 0 Å². The summed E-state index contributed by atoms with van der Waals surface area (Å²) >= 11 is 0. The van der Waals surface area contributed by atoms with Crippen LogP contribution < -0.4 is 19.6 Å². The zero-order chi connectivity index (χ0) is 14.9. The molecule has 2 N–H and O–H groups in total. The summed E-state index contributed by atoms with van der Waals surface area (Å²) in [6.07, 6.45) is 0.888. The Bertz CT molecular complexity index is 197. The van der Waals surface area contributed by atoms with Crippen molar-refractivity contribution in [3.8, 4) is 0 Å². The maximum absolute atomic E-state index is 10.4. The van der Waals surface area contributed by atoms with Crippen LogP contribution in [0.2, 0.25) is 0 Å². The summed E-state index contributed by atoms with van der Waals surface area (Å²) in [5, 5.41) is 0. The first-order valence-electron chi connectivity index (χ1n) is 5.17. The third-order valence-electron chi connectivity index (χ3n) is 2.22. The Morgan fingerprint density at radius 2 is 1.32 bits per heavy atom. The van der Waals surface area contributed by atoms with Crippen molar-refractivity contribution in [1.82, 2.24) is 0 Å². The fourth-order valence-corrected chi connectivity index (χ4v) is 2.59. The van der Waals surface area contributed by atoms with E-state index >= 15 is 0 Å². The van der Waals surface area contributed by atoms with Gasteiger partial charge in [-0.15, -0.1) is 0 Å². The van der Waals surface area contributed by atoms with Crippen LogP contribution in [0, 0.1) is 5.41 Å². The van der Waals surface area contributed by atoms with Gasteiger partial charge < -0.3 is 42.9 Å². The van der Waals surface area contributed by atoms with Crippen LogP contribution in [0.3, 0.4) is 0 Å². The van der Waals surface area contributed by atoms with E-state index in [4.69, 9.17) is 9.79 Å². The summed E-state index contributed by atoms with van der Waals surface area (Å²) in [6, 6.07) is 0. The molecule has 116 valence electrons. The maximum Gasteiger partial charge on any atom is 0.327 e. The molecule has 0 aromatic rings. The third-order valence-corrected chi connectivity index (χ3v) is 3.26. The Balaban J connectivity index is 4.65. The van der Waals surface area contributed by atoms with E-state index in [1.165, 1.54) is 0 Å². The van der Waals surface area contributed by atoms with Gasteiger partial charge in [0.1, 0.15) is 0 Å². The average Bonchev–Trinajstić information content (AvgIpc) is 2.31. The van der Waals surface area contributed by atoms with Gasteiger partial charge in [-0.2, -0.15) is 17.2 Å². The predicted octanol–water partition coefficient (Wildman–Crippen LogP) is -2.07. The fourth-order valence-electron chi connectivity index (χ4n) is 1.45. The second-order valence-electron chi connectivity index (χ2n) is 3.77. The maximum atomic E-state index is 10.4. The molecule has 0 heterocycles. The van der Waals surface area contributed by atoms with Crippen molar-refractivity contribution in [1.29, 1.82) is 0 Å². The van der Waals surface area contributed by atoms with Crippen molar-refractivity contribution >= 4 is 25.8 Å². The Morgan fingerprint density at radius 3 is 1.63 bits per heavy atom. The van der Waals surface area contributed by atoms with Gasteiger partial charge >= 0.3 is 8.60 Å². The highest BCUT2D eigenvalue weighted by molar-refractivity contribution is 7.39. The Kier molecular flexibility index (Phi) is 11.1. The number of hydrogen-bond acceptors (Lipinski definition) is 9. The predicted molar refractivity (Wildman–Crippen MR) is 60.4 cm³/mol. The third kappa shape index (κ3) is 10.3. The molecule has 0 rings (SSSR count). The van der Waals surface area contributed by atoms with Crippen LogP contribution in [-0.4, -0.2) is 29.6 Å². The van der Waals surface area contributed by atoms with Gasteiger partial charge in [0.05, 0.1) is 19.8 Å². The van der Waals surface area contributed by atoms with E-state index in [9.17, 15) is 19.6 Å². The zero-order valence-corrected chi connectivity index (χ0v) is 12.8. The molecule has 0 saturated heterocycles. The first-order valence-corrected chi connectivity index (χ1v) is 8.52. The second kappa shape index (κ2) is 10.6. The number of rotatable bonds is 11. The summed E-state index contributed by atoms with van der Waals surface area (Å²) in [7, 11) is -8.86. The fraction of sp³-hybridized carbons (Fsp3) is 1.00. The van der Waals surface area contributed by atoms with E-state index in [2.05, 4.69) is 13.6 Å². The van der Waals surface area contributed by atoms with Crippen molar-refractivity contribution < 1.29 is 42.9 Å². The topological polar surface area (TPSA) is 160 Å². The van der Waals surface area contributed by atoms with Crippen LogP contribution in [-0.2, 0) is 13.6 Å². The van der Waals surface area contributed by atoms with Gasteiger partial charge in [0.2, 0.25) is 0 Å². The monoisotopic (exact) mass is 336 g/mol. The van der Waals surface area contributed by atoms with Crippen LogP contribution >= 0.6 is 25.8 Å². The van der Waals surface area contributed by atoms with Crippen LogP contribution in [0.15, 0.2) is 0 Å². The molecule has 0 spiro atoms. The highest BCUT2D eigenvalue weighted by Gasteiger charge is 2.31. The minimum Gasteiger partial charge on any atom is -0.820 e. The van der Waals surface area contributed by atoms with Crippen LogP contribution in [0.4, 0.5) is 0 Å². The summed E-state index contributed by atoms with van der Waals surface area (Å²) in [6.45, 7) is 0.744. The Hall–Kier alpha value is 0.930. The van der Waals surface area contributed by atoms with E-state index in [1.807, 2.05) is 0 Å². The smallest absolute Gasteiger partial charge is 0.327 e. The van der Waals surface area contributed by atoms with Gasteiger partial charge in [-0.1, -0.05) is 13.3 Å². The first kappa shape index (κ1) is 19.9. The molecule has 19 heavy (non-hydrogen) atoms. The van der Waals surface area contributed by atoms with Gasteiger partial charge in [0, 0.05) is 5.41 Å². The molecule has 0 aliphatic carbocycles. The molecule has 0 fully saturated rings. The van der Waals surface area contributed by atoms with Gasteiger partial charge in [-0.25, -0.2) is 0 Å². The molecular formula is C7H15O9P3-4. The molecule has 0 bridgehead atoms. The molecule has 0 saturated carbocycles. The number of hydrogen-bond donors (Lipinski definition) is 2. The highest BCUT2D eigenvalue weighted by Crippen LogP contribution is 2.36. The molecule has 12 heteroatoms. The summed E-state index contributed by atoms with van der Waals surface area (Å²) in [4.78, 5) is 59.2. The lowest BCUT2D eigenvalue weighted by Gasteiger charge is -2.41. The van der Waals surface area contributed by atoms with E-state index in [-0.39, 0.29) is 19.8 Å². The van der Waals surface area contributed by atoms with E-state index in [0.717, 1.165) is 0 Å². The van der Waals surface area contributed by atoms with Gasteiger partial charge in [-0.05, 0) is 6.42 Å². The highest BCUT2D eigenvalue weighted by atomic mass is 31.2. The Morgan fingerprint density at radius 1 is 0.895 bits per heavy atom. The lowest BCUT2D eigenvalue weighted by Crippen LogP contribution is -2.37. The van der Waals surface area contributed by atoms with Crippen LogP contribution in [0.25, 0.3) is 0 Å². The molecule has 0 aromatic heterocycles. The van der Waals surface area contributed by atoms with Crippen LogP contribution in [0.1, 0.15) is 19.8 Å². The van der Waals surface area contributed by atoms with Gasteiger partial charge in [0.15, 0.2) is 0 Å². The normalized spacial score (nSPS) is 12.9. The zero-order valence-electron chi connectivity index (χ0n) is 10.1. The first-order chi connectivity index (χ1) is 8.81. The molecule has 0 radical (unpaired) electrons. The quantitative estimate of drug-likeness (QED) is 0.404. The minimum absolute atomic E-state index is 0.300. The van der Waals surface area contributed by atoms with Crippen molar-refractivity contribution in [2.24, 2.45) is 5.41 Å². The molecule has 0 amide bonds. The molecule has 0 aliphatic rings. The van der Waals surface area contributed by atoms with Crippen molar-refractivity contribution in [2.75, 3.05) is 19.8 Å². The minimum atomic E-state index is -3.11. The summed E-state index contributed by atoms with van der Waals surface area (Å²) in [5.41, 5.74) is -1.09. The molecule has 0 atom stereocenters. The lowest BCUT2D eigenvalue weighted by molar-refractivity contribution is -0.322. The second-order valence-corrected chi connectivity index (χ2v) is 5.94. The standard InChI is InChI=1S/C7H15O9P3/c1-2-3-7(4-14-17(8)9,5-15-18(10)11)6-16-19(12)13/h8-9H,2-6H2,1H3/q-4. The molecular weight excluding hydrogens is 321 g/mol. The molecule has 0 aromatic carbocycles. The lowest BCUT2D eigenvalue weighted by atomic mass is 9.86. The van der Waals surface area contributed by atoms with E-state index in [0.29, 0.717) is 12.8 Å². The molecule has 0 aliphatic heterocycles. The van der Waals surface area contributed by atoms with E-state index < -0.39 is 31.2 Å².